The van der Waals surface area contributed by atoms with Crippen molar-refractivity contribution in [2.75, 3.05) is 7.11 Å². The second kappa shape index (κ2) is 7.69. The highest BCUT2D eigenvalue weighted by atomic mass is 35.5. The van der Waals surface area contributed by atoms with Crippen LogP contribution >= 0.6 is 11.6 Å². The molecule has 0 amide bonds. The molecule has 0 unspecified atom stereocenters. The third-order valence-corrected chi connectivity index (χ3v) is 5.84. The molecule has 0 bridgehead atoms. The number of pyridine rings is 1. The van der Waals surface area contributed by atoms with Crippen molar-refractivity contribution in [3.05, 3.63) is 76.6 Å². The highest BCUT2D eigenvalue weighted by molar-refractivity contribution is 6.31. The number of rotatable bonds is 5. The molecule has 1 aromatic carbocycles. The van der Waals surface area contributed by atoms with Crippen LogP contribution in [0.25, 0.3) is 5.69 Å². The maximum atomic E-state index is 11.9. The predicted octanol–water partition coefficient (Wildman–Crippen LogP) is 4.64. The Balaban J connectivity index is 1.72. The lowest BCUT2D eigenvalue weighted by Gasteiger charge is -2.15. The molecular formula is C23H21ClN4O2. The van der Waals surface area contributed by atoms with E-state index in [4.69, 9.17) is 26.3 Å². The predicted molar refractivity (Wildman–Crippen MR) is 114 cm³/mol. The molecule has 5 rings (SSSR count). The van der Waals surface area contributed by atoms with Crippen molar-refractivity contribution in [3.8, 4) is 5.69 Å². The summed E-state index contributed by atoms with van der Waals surface area (Å²) in [4.78, 5) is 26.2. The van der Waals surface area contributed by atoms with E-state index in [1.807, 2.05) is 42.6 Å². The van der Waals surface area contributed by atoms with E-state index in [1.165, 1.54) is 12.8 Å². The van der Waals surface area contributed by atoms with Gasteiger partial charge in [0.25, 0.3) is 0 Å². The number of carbonyl (C=O) groups excluding carboxylic acids is 1. The molecule has 7 heteroatoms. The third-order valence-electron chi connectivity index (χ3n) is 5.61. The van der Waals surface area contributed by atoms with Crippen LogP contribution in [0.5, 0.6) is 0 Å². The van der Waals surface area contributed by atoms with Gasteiger partial charge in [-0.15, -0.1) is 0 Å². The van der Waals surface area contributed by atoms with Gasteiger partial charge in [-0.2, -0.15) is 0 Å². The Hall–Kier alpha value is -2.99. The summed E-state index contributed by atoms with van der Waals surface area (Å²) in [5.74, 6) is 1.10. The highest BCUT2D eigenvalue weighted by Gasteiger charge is 2.34. The standard InChI is InChI=1S/C23H21ClN4O2/c1-30-21(29)10-8-18-23-26-13-20(14-5-6-14)28(23)19-9-7-15(24)12-16(19)22(27-18)17-4-2-3-11-25-17/h2-4,7,9,11-14,18H,5-6,8,10H2,1H3/t18-/m0/s1. The number of carbonyl (C=O) groups is 1. The summed E-state index contributed by atoms with van der Waals surface area (Å²) in [7, 11) is 1.40. The Bertz CT molecular complexity index is 1140. The van der Waals surface area contributed by atoms with Gasteiger partial charge in [-0.3, -0.25) is 19.3 Å². The van der Waals surface area contributed by atoms with Crippen molar-refractivity contribution < 1.29 is 9.53 Å². The van der Waals surface area contributed by atoms with Crippen molar-refractivity contribution in [1.82, 2.24) is 14.5 Å². The molecular weight excluding hydrogens is 400 g/mol. The number of aromatic nitrogens is 3. The van der Waals surface area contributed by atoms with Gasteiger partial charge in [0.05, 0.1) is 24.2 Å². The largest absolute Gasteiger partial charge is 0.469 e. The molecule has 3 heterocycles. The molecule has 1 atom stereocenters. The molecule has 3 aromatic rings. The first-order chi connectivity index (χ1) is 14.7. The van der Waals surface area contributed by atoms with E-state index in [0.29, 0.717) is 17.4 Å². The van der Waals surface area contributed by atoms with Crippen molar-refractivity contribution >= 4 is 23.3 Å². The van der Waals surface area contributed by atoms with Crippen molar-refractivity contribution in [1.29, 1.82) is 0 Å². The molecule has 1 aliphatic heterocycles. The van der Waals surface area contributed by atoms with Crippen molar-refractivity contribution in [2.24, 2.45) is 4.99 Å². The van der Waals surface area contributed by atoms with Crippen LogP contribution in [0.1, 0.15) is 60.4 Å². The Morgan fingerprint density at radius 3 is 2.83 bits per heavy atom. The normalized spacial score (nSPS) is 17.5. The monoisotopic (exact) mass is 420 g/mol. The number of esters is 1. The van der Waals surface area contributed by atoms with E-state index in [2.05, 4.69) is 9.55 Å². The summed E-state index contributed by atoms with van der Waals surface area (Å²) in [6.07, 6.45) is 6.81. The van der Waals surface area contributed by atoms with Crippen molar-refractivity contribution in [3.63, 3.8) is 0 Å². The summed E-state index contributed by atoms with van der Waals surface area (Å²) in [5, 5.41) is 0.639. The zero-order chi connectivity index (χ0) is 20.7. The molecule has 0 saturated heterocycles. The smallest absolute Gasteiger partial charge is 0.305 e. The van der Waals surface area contributed by atoms with Gasteiger partial charge in [-0.25, -0.2) is 4.98 Å². The number of methoxy groups -OCH3 is 1. The van der Waals surface area contributed by atoms with Gasteiger partial charge in [-0.05, 0) is 49.6 Å². The Morgan fingerprint density at radius 2 is 2.10 bits per heavy atom. The van der Waals surface area contributed by atoms with E-state index in [9.17, 15) is 4.79 Å². The maximum Gasteiger partial charge on any atom is 0.305 e. The van der Waals surface area contributed by atoms with E-state index in [1.54, 1.807) is 6.20 Å². The first-order valence-corrected chi connectivity index (χ1v) is 10.5. The van der Waals surface area contributed by atoms with Gasteiger partial charge in [-0.1, -0.05) is 17.7 Å². The number of hydrogen-bond acceptors (Lipinski definition) is 5. The molecule has 152 valence electrons. The maximum absolute atomic E-state index is 11.9. The molecule has 1 fully saturated rings. The van der Waals surface area contributed by atoms with Crippen LogP contribution in [0.15, 0.2) is 53.8 Å². The lowest BCUT2D eigenvalue weighted by molar-refractivity contribution is -0.140. The number of nitrogens with zero attached hydrogens (tertiary/aromatic N) is 4. The van der Waals surface area contributed by atoms with Gasteiger partial charge >= 0.3 is 5.97 Å². The van der Waals surface area contributed by atoms with Crippen molar-refractivity contribution in [2.45, 2.75) is 37.6 Å². The fourth-order valence-electron chi connectivity index (χ4n) is 3.98. The third kappa shape index (κ3) is 3.41. The number of benzene rings is 1. The second-order valence-corrected chi connectivity index (χ2v) is 8.07. The SMILES string of the molecule is COC(=O)CC[C@@H]1N=C(c2ccccn2)c2cc(Cl)ccc2-n2c(C3CC3)cnc21. The minimum absolute atomic E-state index is 0.255. The van der Waals surface area contributed by atoms with E-state index >= 15 is 0 Å². The number of ether oxygens (including phenoxy) is 1. The van der Waals surface area contributed by atoms with Gasteiger partial charge < -0.3 is 4.74 Å². The lowest BCUT2D eigenvalue weighted by atomic mass is 10.0. The van der Waals surface area contributed by atoms with Crippen LogP contribution in [0.2, 0.25) is 5.02 Å². The summed E-state index contributed by atoms with van der Waals surface area (Å²) in [6, 6.07) is 11.3. The fourth-order valence-corrected chi connectivity index (χ4v) is 4.15. The van der Waals surface area contributed by atoms with Gasteiger partial charge in [0.2, 0.25) is 0 Å². The molecule has 2 aromatic heterocycles. The number of imidazole rings is 1. The molecule has 0 radical (unpaired) electrons. The zero-order valence-electron chi connectivity index (χ0n) is 16.6. The van der Waals surface area contributed by atoms with Crippen LogP contribution < -0.4 is 0 Å². The molecule has 30 heavy (non-hydrogen) atoms. The number of aliphatic imine (C=N–C) groups is 1. The molecule has 6 nitrogen and oxygen atoms in total. The van der Waals surface area contributed by atoms with Crippen LogP contribution in [0.3, 0.4) is 0 Å². The minimum Gasteiger partial charge on any atom is -0.469 e. The summed E-state index contributed by atoms with van der Waals surface area (Å²) in [5.41, 5.74) is 4.63. The topological polar surface area (TPSA) is 69.4 Å². The minimum atomic E-state index is -0.292. The Morgan fingerprint density at radius 1 is 1.23 bits per heavy atom. The van der Waals surface area contributed by atoms with Gasteiger partial charge in [0.15, 0.2) is 0 Å². The molecule has 2 aliphatic rings. The average molecular weight is 421 g/mol. The Labute approximate surface area is 179 Å². The number of fused-ring (bicyclic) bond motifs is 3. The van der Waals surface area contributed by atoms with E-state index < -0.39 is 0 Å². The highest BCUT2D eigenvalue weighted by Crippen LogP contribution is 2.44. The second-order valence-electron chi connectivity index (χ2n) is 7.64. The zero-order valence-corrected chi connectivity index (χ0v) is 17.3. The lowest BCUT2D eigenvalue weighted by Crippen LogP contribution is -2.10. The molecule has 1 saturated carbocycles. The van der Waals surface area contributed by atoms with E-state index in [0.717, 1.165) is 41.3 Å². The molecule has 0 N–H and O–H groups in total. The first kappa shape index (κ1) is 19.0. The fraction of sp³-hybridized carbons (Fsp3) is 0.304. The summed E-state index contributed by atoms with van der Waals surface area (Å²) < 4.78 is 7.07. The quantitative estimate of drug-likeness (QED) is 0.563. The average Bonchev–Trinajstić information content (AvgIpc) is 3.55. The Kier molecular flexibility index (Phi) is 4.87. The van der Waals surface area contributed by atoms with Crippen LogP contribution in [0, 0.1) is 0 Å². The first-order valence-electron chi connectivity index (χ1n) is 10.1. The van der Waals surface area contributed by atoms with Crippen LogP contribution in [-0.2, 0) is 9.53 Å². The van der Waals surface area contributed by atoms with E-state index in [-0.39, 0.29) is 18.4 Å². The van der Waals surface area contributed by atoms with Crippen LogP contribution in [0.4, 0.5) is 0 Å². The van der Waals surface area contributed by atoms with Crippen LogP contribution in [-0.4, -0.2) is 33.3 Å². The summed E-state index contributed by atoms with van der Waals surface area (Å²) >= 11 is 6.39. The van der Waals surface area contributed by atoms with Gasteiger partial charge in [0.1, 0.15) is 11.9 Å². The molecule has 1 aliphatic carbocycles. The van der Waals surface area contributed by atoms with Gasteiger partial charge in [0, 0.05) is 41.0 Å². The summed E-state index contributed by atoms with van der Waals surface area (Å²) in [6.45, 7) is 0. The number of halogens is 1. The number of hydrogen-bond donors (Lipinski definition) is 0. The molecule has 0 spiro atoms.